The first kappa shape index (κ1) is 15.8. The molecule has 0 aliphatic heterocycles. The molecule has 6 nitrogen and oxygen atoms in total. The Bertz CT molecular complexity index is 710. The maximum Gasteiger partial charge on any atom is 0.258 e. The van der Waals surface area contributed by atoms with Gasteiger partial charge in [-0.1, -0.05) is 12.1 Å². The van der Waals surface area contributed by atoms with Crippen LogP contribution in [0.15, 0.2) is 41.6 Å². The number of amides is 1. The SMILES string of the molecule is Cc1ccc(C)c(OCC(=O)NCCn2cnccc2=O)c1. The van der Waals surface area contributed by atoms with Gasteiger partial charge in [0.15, 0.2) is 6.61 Å². The Hall–Kier alpha value is -2.63. The Kier molecular flexibility index (Phi) is 5.30. The molecule has 1 heterocycles. The molecule has 0 spiro atoms. The fourth-order valence-corrected chi connectivity index (χ4v) is 1.92. The summed E-state index contributed by atoms with van der Waals surface area (Å²) in [5, 5.41) is 2.71. The van der Waals surface area contributed by atoms with Crippen molar-refractivity contribution in [1.29, 1.82) is 0 Å². The Morgan fingerprint density at radius 1 is 1.32 bits per heavy atom. The highest BCUT2D eigenvalue weighted by Gasteiger charge is 2.05. The number of carbonyl (C=O) groups excluding carboxylic acids is 1. The molecule has 0 atom stereocenters. The monoisotopic (exact) mass is 301 g/mol. The summed E-state index contributed by atoms with van der Waals surface area (Å²) in [6.45, 7) is 4.58. The van der Waals surface area contributed by atoms with Crippen molar-refractivity contribution in [1.82, 2.24) is 14.9 Å². The molecule has 1 aromatic heterocycles. The summed E-state index contributed by atoms with van der Waals surface area (Å²) in [7, 11) is 0. The number of aryl methyl sites for hydroxylation is 2. The van der Waals surface area contributed by atoms with E-state index in [0.717, 1.165) is 11.1 Å². The van der Waals surface area contributed by atoms with Crippen molar-refractivity contribution in [3.63, 3.8) is 0 Å². The molecular formula is C16H19N3O3. The molecule has 0 bridgehead atoms. The molecule has 1 N–H and O–H groups in total. The molecule has 1 aromatic carbocycles. The van der Waals surface area contributed by atoms with Gasteiger partial charge in [-0.25, -0.2) is 4.98 Å². The lowest BCUT2D eigenvalue weighted by Gasteiger charge is -2.10. The fourth-order valence-electron chi connectivity index (χ4n) is 1.92. The molecule has 2 rings (SSSR count). The van der Waals surface area contributed by atoms with Crippen molar-refractivity contribution in [3.8, 4) is 5.75 Å². The highest BCUT2D eigenvalue weighted by molar-refractivity contribution is 5.77. The largest absolute Gasteiger partial charge is 0.483 e. The number of ether oxygens (including phenoxy) is 1. The van der Waals surface area contributed by atoms with Crippen LogP contribution >= 0.6 is 0 Å². The molecule has 2 aromatic rings. The number of aromatic nitrogens is 2. The van der Waals surface area contributed by atoms with E-state index in [9.17, 15) is 9.59 Å². The minimum atomic E-state index is -0.224. The zero-order chi connectivity index (χ0) is 15.9. The first-order chi connectivity index (χ1) is 10.6. The van der Waals surface area contributed by atoms with Gasteiger partial charge in [0, 0.05) is 25.4 Å². The minimum absolute atomic E-state index is 0.0494. The molecule has 116 valence electrons. The molecule has 0 fully saturated rings. The van der Waals surface area contributed by atoms with Gasteiger partial charge < -0.3 is 10.1 Å². The number of hydrogen-bond acceptors (Lipinski definition) is 4. The lowest BCUT2D eigenvalue weighted by Crippen LogP contribution is -2.33. The molecule has 0 radical (unpaired) electrons. The Morgan fingerprint density at radius 3 is 2.91 bits per heavy atom. The Morgan fingerprint density at radius 2 is 2.14 bits per heavy atom. The van der Waals surface area contributed by atoms with Gasteiger partial charge in [0.25, 0.3) is 11.5 Å². The number of rotatable bonds is 6. The second kappa shape index (κ2) is 7.40. The average Bonchev–Trinajstić information content (AvgIpc) is 2.50. The maximum atomic E-state index is 11.7. The average molecular weight is 301 g/mol. The van der Waals surface area contributed by atoms with Crippen LogP contribution in [-0.2, 0) is 11.3 Å². The molecule has 0 saturated heterocycles. The van der Waals surface area contributed by atoms with E-state index in [-0.39, 0.29) is 18.1 Å². The van der Waals surface area contributed by atoms with Crippen LogP contribution in [0.4, 0.5) is 0 Å². The topological polar surface area (TPSA) is 73.2 Å². The summed E-state index contributed by atoms with van der Waals surface area (Å²) >= 11 is 0. The van der Waals surface area contributed by atoms with Crippen LogP contribution in [0.25, 0.3) is 0 Å². The summed E-state index contributed by atoms with van der Waals surface area (Å²) in [5.41, 5.74) is 1.92. The van der Waals surface area contributed by atoms with Gasteiger partial charge in [-0.2, -0.15) is 0 Å². The fraction of sp³-hybridized carbons (Fsp3) is 0.312. The highest BCUT2D eigenvalue weighted by Crippen LogP contribution is 2.18. The number of benzene rings is 1. The van der Waals surface area contributed by atoms with E-state index in [2.05, 4.69) is 10.3 Å². The highest BCUT2D eigenvalue weighted by atomic mass is 16.5. The van der Waals surface area contributed by atoms with Crippen molar-refractivity contribution >= 4 is 5.91 Å². The Labute approximate surface area is 128 Å². The van der Waals surface area contributed by atoms with E-state index in [0.29, 0.717) is 18.8 Å². The number of nitrogens with one attached hydrogen (secondary N) is 1. The van der Waals surface area contributed by atoms with Gasteiger partial charge in [0.1, 0.15) is 5.75 Å². The van der Waals surface area contributed by atoms with Crippen LogP contribution in [0.3, 0.4) is 0 Å². The summed E-state index contributed by atoms with van der Waals surface area (Å²) in [5.74, 6) is 0.483. The van der Waals surface area contributed by atoms with Crippen LogP contribution in [0, 0.1) is 13.8 Å². The molecule has 1 amide bonds. The lowest BCUT2D eigenvalue weighted by atomic mass is 10.1. The number of hydrogen-bond donors (Lipinski definition) is 1. The molecule has 0 aliphatic carbocycles. The first-order valence-electron chi connectivity index (χ1n) is 7.03. The summed E-state index contributed by atoms with van der Waals surface area (Å²) in [6.07, 6.45) is 2.89. The minimum Gasteiger partial charge on any atom is -0.483 e. The molecule has 0 aliphatic rings. The third-order valence-electron chi connectivity index (χ3n) is 3.17. The zero-order valence-corrected chi connectivity index (χ0v) is 12.7. The van der Waals surface area contributed by atoms with Crippen molar-refractivity contribution in [3.05, 3.63) is 58.3 Å². The predicted molar refractivity (Wildman–Crippen MR) is 82.9 cm³/mol. The van der Waals surface area contributed by atoms with E-state index in [1.165, 1.54) is 23.2 Å². The quantitative estimate of drug-likeness (QED) is 0.865. The third-order valence-corrected chi connectivity index (χ3v) is 3.17. The number of nitrogens with zero attached hydrogens (tertiary/aromatic N) is 2. The van der Waals surface area contributed by atoms with Crippen LogP contribution in [0.2, 0.25) is 0 Å². The summed E-state index contributed by atoms with van der Waals surface area (Å²) < 4.78 is 6.95. The molecular weight excluding hydrogens is 282 g/mol. The van der Waals surface area contributed by atoms with Gasteiger partial charge in [-0.15, -0.1) is 0 Å². The second-order valence-electron chi connectivity index (χ2n) is 5.02. The molecule has 0 unspecified atom stereocenters. The predicted octanol–water partition coefficient (Wildman–Crippen LogP) is 1.06. The number of carbonyl (C=O) groups is 1. The van der Waals surface area contributed by atoms with E-state index >= 15 is 0 Å². The zero-order valence-electron chi connectivity index (χ0n) is 12.7. The molecule has 6 heteroatoms. The summed E-state index contributed by atoms with van der Waals surface area (Å²) in [4.78, 5) is 27.1. The van der Waals surface area contributed by atoms with Crippen molar-refractivity contribution in [2.24, 2.45) is 0 Å². The van der Waals surface area contributed by atoms with Crippen molar-refractivity contribution < 1.29 is 9.53 Å². The van der Waals surface area contributed by atoms with Gasteiger partial charge in [-0.05, 0) is 31.0 Å². The van der Waals surface area contributed by atoms with E-state index < -0.39 is 0 Å². The van der Waals surface area contributed by atoms with E-state index in [4.69, 9.17) is 4.74 Å². The van der Waals surface area contributed by atoms with E-state index in [1.54, 1.807) is 0 Å². The van der Waals surface area contributed by atoms with E-state index in [1.807, 2.05) is 32.0 Å². The second-order valence-corrected chi connectivity index (χ2v) is 5.02. The molecule has 0 saturated carbocycles. The van der Waals surface area contributed by atoms with Crippen LogP contribution < -0.4 is 15.6 Å². The Balaban J connectivity index is 1.78. The molecule has 22 heavy (non-hydrogen) atoms. The smallest absolute Gasteiger partial charge is 0.258 e. The summed E-state index contributed by atoms with van der Waals surface area (Å²) in [6, 6.07) is 7.23. The maximum absolute atomic E-state index is 11.7. The van der Waals surface area contributed by atoms with Crippen LogP contribution in [-0.4, -0.2) is 28.6 Å². The third kappa shape index (κ3) is 4.44. The standard InChI is InChI=1S/C16H19N3O3/c1-12-3-4-13(2)14(9-12)22-10-15(20)18-7-8-19-11-17-6-5-16(19)21/h3-6,9,11H,7-8,10H2,1-2H3,(H,18,20). The van der Waals surface area contributed by atoms with Gasteiger partial charge >= 0.3 is 0 Å². The van der Waals surface area contributed by atoms with Crippen molar-refractivity contribution in [2.45, 2.75) is 20.4 Å². The van der Waals surface area contributed by atoms with Gasteiger partial charge in [0.05, 0.1) is 6.33 Å². The van der Waals surface area contributed by atoms with Gasteiger partial charge in [-0.3, -0.25) is 14.2 Å². The normalized spacial score (nSPS) is 10.3. The van der Waals surface area contributed by atoms with Crippen LogP contribution in [0.1, 0.15) is 11.1 Å². The first-order valence-corrected chi connectivity index (χ1v) is 7.03. The van der Waals surface area contributed by atoms with Crippen molar-refractivity contribution in [2.75, 3.05) is 13.2 Å². The lowest BCUT2D eigenvalue weighted by molar-refractivity contribution is -0.123. The van der Waals surface area contributed by atoms with Gasteiger partial charge in [0.2, 0.25) is 0 Å². The van der Waals surface area contributed by atoms with Crippen LogP contribution in [0.5, 0.6) is 5.75 Å².